The molecule has 0 unspecified atom stereocenters. The average molecular weight is 257 g/mol. The van der Waals surface area contributed by atoms with Crippen LogP contribution in [0.2, 0.25) is 0 Å². The van der Waals surface area contributed by atoms with Crippen LogP contribution in [0.4, 0.5) is 13.2 Å². The molecule has 2 aromatic rings. The molecule has 0 spiro atoms. The summed E-state index contributed by atoms with van der Waals surface area (Å²) < 4.78 is 40.6. The molecule has 0 saturated heterocycles. The first-order valence-electron chi connectivity index (χ1n) is 4.78. The minimum atomic E-state index is -1.53. The van der Waals surface area contributed by atoms with Gasteiger partial charge in [-0.2, -0.15) is 0 Å². The molecule has 0 saturated carbocycles. The fraction of sp³-hybridized carbons (Fsp3) is 0.0909. The number of aromatic amines is 1. The van der Waals surface area contributed by atoms with Crippen LogP contribution in [0.3, 0.4) is 0 Å². The van der Waals surface area contributed by atoms with Crippen LogP contribution in [0.15, 0.2) is 15.7 Å². The van der Waals surface area contributed by atoms with E-state index in [1.807, 2.05) is 0 Å². The molecule has 0 radical (unpaired) electrons. The van der Waals surface area contributed by atoms with Gasteiger partial charge in [-0.05, 0) is 6.92 Å². The second kappa shape index (κ2) is 3.86. The number of fused-ring (bicyclic) bond motifs is 1. The van der Waals surface area contributed by atoms with Crippen molar-refractivity contribution < 1.29 is 18.3 Å². The van der Waals surface area contributed by atoms with E-state index in [2.05, 4.69) is 0 Å². The van der Waals surface area contributed by atoms with Crippen LogP contribution in [-0.2, 0) is 0 Å². The lowest BCUT2D eigenvalue weighted by molar-refractivity contribution is 0.467. The fourth-order valence-electron chi connectivity index (χ4n) is 1.57. The molecular weight excluding hydrogens is 251 g/mol. The third kappa shape index (κ3) is 1.55. The summed E-state index contributed by atoms with van der Waals surface area (Å²) in [6, 6.07) is 0.401. The van der Waals surface area contributed by atoms with E-state index in [9.17, 15) is 27.9 Å². The van der Waals surface area contributed by atoms with Gasteiger partial charge >= 0.3 is 0 Å². The van der Waals surface area contributed by atoms with Gasteiger partial charge in [0, 0.05) is 11.6 Å². The van der Waals surface area contributed by atoms with Gasteiger partial charge in [-0.15, -0.1) is 0 Å². The number of aromatic nitrogens is 1. The van der Waals surface area contributed by atoms with Crippen molar-refractivity contribution in [2.75, 3.05) is 0 Å². The normalized spacial score (nSPS) is 10.9. The smallest absolute Gasteiger partial charge is 0.296 e. The van der Waals surface area contributed by atoms with Gasteiger partial charge in [0.15, 0.2) is 17.5 Å². The van der Waals surface area contributed by atoms with Gasteiger partial charge in [0.25, 0.3) is 5.56 Å². The van der Waals surface area contributed by atoms with Crippen molar-refractivity contribution in [1.82, 2.24) is 4.98 Å². The Bertz CT molecular complexity index is 783. The van der Waals surface area contributed by atoms with Crippen molar-refractivity contribution >= 4 is 10.9 Å². The molecule has 0 bridgehead atoms. The monoisotopic (exact) mass is 257 g/mol. The second-order valence-corrected chi connectivity index (χ2v) is 3.66. The van der Waals surface area contributed by atoms with E-state index >= 15 is 0 Å². The molecule has 94 valence electrons. The van der Waals surface area contributed by atoms with Crippen LogP contribution in [0.25, 0.3) is 10.9 Å². The van der Waals surface area contributed by atoms with Crippen molar-refractivity contribution in [2.45, 2.75) is 6.92 Å². The van der Waals surface area contributed by atoms with Crippen molar-refractivity contribution in [3.05, 3.63) is 49.7 Å². The van der Waals surface area contributed by atoms with Crippen LogP contribution in [0.5, 0.6) is 5.75 Å². The fourth-order valence-corrected chi connectivity index (χ4v) is 1.57. The van der Waals surface area contributed by atoms with Gasteiger partial charge in [0.1, 0.15) is 5.75 Å². The molecule has 1 heterocycles. The first-order chi connectivity index (χ1) is 8.34. The molecule has 7 heteroatoms. The van der Waals surface area contributed by atoms with E-state index in [0.29, 0.717) is 6.07 Å². The third-order valence-electron chi connectivity index (χ3n) is 2.53. The number of benzene rings is 1. The molecule has 18 heavy (non-hydrogen) atoms. The lowest BCUT2D eigenvalue weighted by Crippen LogP contribution is -2.22. The maximum absolute atomic E-state index is 13.7. The van der Waals surface area contributed by atoms with E-state index < -0.39 is 50.7 Å². The Hall–Kier alpha value is -2.31. The molecule has 0 aliphatic carbocycles. The Morgan fingerprint density at radius 2 is 1.72 bits per heavy atom. The van der Waals surface area contributed by atoms with E-state index in [4.69, 9.17) is 0 Å². The van der Waals surface area contributed by atoms with Crippen LogP contribution in [0, 0.1) is 24.4 Å². The summed E-state index contributed by atoms with van der Waals surface area (Å²) in [4.78, 5) is 24.1. The number of aromatic hydroxyl groups is 1. The molecule has 1 aromatic carbocycles. The molecular formula is C11H6F3NO3. The lowest BCUT2D eigenvalue weighted by Gasteiger charge is -2.04. The Labute approximate surface area is 97.3 Å². The largest absolute Gasteiger partial charge is 0.507 e. The summed E-state index contributed by atoms with van der Waals surface area (Å²) in [6.07, 6.45) is 0. The summed E-state index contributed by atoms with van der Waals surface area (Å²) in [5, 5.41) is 8.55. The Kier molecular flexibility index (Phi) is 2.61. The molecule has 0 atom stereocenters. The van der Waals surface area contributed by atoms with Crippen molar-refractivity contribution in [1.29, 1.82) is 0 Å². The van der Waals surface area contributed by atoms with Crippen molar-refractivity contribution in [3.63, 3.8) is 0 Å². The zero-order chi connectivity index (χ0) is 13.6. The SMILES string of the molecule is Cc1c(F)c(F)c2c(O)cc(=O)c(=O)[nH]c2c1F. The minimum Gasteiger partial charge on any atom is -0.507 e. The first-order valence-corrected chi connectivity index (χ1v) is 4.78. The zero-order valence-corrected chi connectivity index (χ0v) is 8.97. The van der Waals surface area contributed by atoms with Crippen LogP contribution >= 0.6 is 0 Å². The molecule has 0 amide bonds. The number of nitrogens with one attached hydrogen (secondary N) is 1. The highest BCUT2D eigenvalue weighted by atomic mass is 19.2. The van der Waals surface area contributed by atoms with Gasteiger partial charge in [-0.3, -0.25) is 9.59 Å². The molecule has 0 aliphatic heterocycles. The molecule has 0 fully saturated rings. The van der Waals surface area contributed by atoms with E-state index in [1.54, 1.807) is 4.98 Å². The highest BCUT2D eigenvalue weighted by molar-refractivity contribution is 5.85. The standard InChI is InChI=1S/C11H6F3NO3/c1-3-7(12)9(14)6-4(16)2-5(17)11(18)15-10(6)8(3)13/h2,16H,1H3,(H,15,17,18). The Morgan fingerprint density at radius 1 is 1.11 bits per heavy atom. The maximum Gasteiger partial charge on any atom is 0.296 e. The topological polar surface area (TPSA) is 70.2 Å². The van der Waals surface area contributed by atoms with E-state index in [-0.39, 0.29) is 0 Å². The van der Waals surface area contributed by atoms with Crippen molar-refractivity contribution in [3.8, 4) is 5.75 Å². The number of H-pyrrole nitrogens is 1. The number of hydrogen-bond acceptors (Lipinski definition) is 3. The zero-order valence-electron chi connectivity index (χ0n) is 8.97. The maximum atomic E-state index is 13.7. The van der Waals surface area contributed by atoms with Crippen LogP contribution < -0.4 is 11.0 Å². The van der Waals surface area contributed by atoms with Gasteiger partial charge in [0.05, 0.1) is 10.9 Å². The van der Waals surface area contributed by atoms with Gasteiger partial charge in [0.2, 0.25) is 5.43 Å². The minimum absolute atomic E-state index is 0.401. The summed E-state index contributed by atoms with van der Waals surface area (Å²) in [5.74, 6) is -5.28. The molecule has 1 aromatic heterocycles. The second-order valence-electron chi connectivity index (χ2n) is 3.66. The first kappa shape index (κ1) is 12.2. The summed E-state index contributed by atoms with van der Waals surface area (Å²) in [5.41, 5.74) is -3.85. The van der Waals surface area contributed by atoms with E-state index in [1.165, 1.54) is 0 Å². The summed E-state index contributed by atoms with van der Waals surface area (Å²) >= 11 is 0. The highest BCUT2D eigenvalue weighted by Gasteiger charge is 2.20. The number of hydrogen-bond donors (Lipinski definition) is 2. The molecule has 2 rings (SSSR count). The summed E-state index contributed by atoms with van der Waals surface area (Å²) in [6.45, 7) is 0.966. The average Bonchev–Trinajstić information content (AvgIpc) is 2.42. The predicted molar refractivity (Wildman–Crippen MR) is 57.1 cm³/mol. The Morgan fingerprint density at radius 3 is 2.33 bits per heavy atom. The highest BCUT2D eigenvalue weighted by Crippen LogP contribution is 2.29. The van der Waals surface area contributed by atoms with E-state index in [0.717, 1.165) is 6.92 Å². The van der Waals surface area contributed by atoms with Crippen LogP contribution in [-0.4, -0.2) is 10.1 Å². The summed E-state index contributed by atoms with van der Waals surface area (Å²) in [7, 11) is 0. The molecule has 0 aliphatic rings. The third-order valence-corrected chi connectivity index (χ3v) is 2.53. The van der Waals surface area contributed by atoms with Gasteiger partial charge in [-0.25, -0.2) is 13.2 Å². The number of halogens is 3. The molecule has 2 N–H and O–H groups in total. The quantitative estimate of drug-likeness (QED) is 0.552. The Balaban J connectivity index is 3.28. The van der Waals surface area contributed by atoms with Gasteiger partial charge < -0.3 is 10.1 Å². The predicted octanol–water partition coefficient (Wildman–Crippen LogP) is 1.32. The number of rotatable bonds is 0. The van der Waals surface area contributed by atoms with Crippen molar-refractivity contribution in [2.24, 2.45) is 0 Å². The van der Waals surface area contributed by atoms with Gasteiger partial charge in [-0.1, -0.05) is 0 Å². The molecule has 4 nitrogen and oxygen atoms in total. The van der Waals surface area contributed by atoms with Crippen LogP contribution in [0.1, 0.15) is 5.56 Å². The lowest BCUT2D eigenvalue weighted by atomic mass is 10.1.